The molecular formula is C24H23N3O2. The summed E-state index contributed by atoms with van der Waals surface area (Å²) in [7, 11) is 0. The molecule has 2 amide bonds. The fraction of sp³-hybridized carbons (Fsp3) is 0.208. The van der Waals surface area contributed by atoms with E-state index in [2.05, 4.69) is 27.8 Å². The van der Waals surface area contributed by atoms with E-state index in [9.17, 15) is 9.59 Å². The number of aryl methyl sites for hydroxylation is 2. The maximum absolute atomic E-state index is 12.5. The first-order chi connectivity index (χ1) is 14.2. The lowest BCUT2D eigenvalue weighted by atomic mass is 10.0. The van der Waals surface area contributed by atoms with E-state index in [4.69, 9.17) is 0 Å². The van der Waals surface area contributed by atoms with Gasteiger partial charge in [0.05, 0.1) is 18.7 Å². The number of fused-ring (bicyclic) bond motifs is 1. The van der Waals surface area contributed by atoms with Gasteiger partial charge < -0.3 is 10.6 Å². The first-order valence-electron chi connectivity index (χ1n) is 9.86. The van der Waals surface area contributed by atoms with Gasteiger partial charge in [0.15, 0.2) is 0 Å². The van der Waals surface area contributed by atoms with Gasteiger partial charge in [0.2, 0.25) is 5.91 Å². The molecule has 1 heterocycles. The first-order valence-corrected chi connectivity index (χ1v) is 9.86. The molecule has 5 nitrogen and oxygen atoms in total. The molecule has 2 N–H and O–H groups in total. The molecule has 0 unspecified atom stereocenters. The number of aromatic nitrogens is 1. The summed E-state index contributed by atoms with van der Waals surface area (Å²) in [6.45, 7) is 0.356. The number of hydrogen-bond acceptors (Lipinski definition) is 3. The minimum absolute atomic E-state index is 0.0889. The summed E-state index contributed by atoms with van der Waals surface area (Å²) in [6.07, 6.45) is 5.44. The summed E-state index contributed by atoms with van der Waals surface area (Å²) in [5.41, 5.74) is 5.69. The summed E-state index contributed by atoms with van der Waals surface area (Å²) in [5, 5.41) is 5.74. The zero-order chi connectivity index (χ0) is 20.1. The Bertz CT molecular complexity index is 1030. The molecule has 146 valence electrons. The Hall–Kier alpha value is -3.47. The van der Waals surface area contributed by atoms with E-state index in [1.165, 1.54) is 17.5 Å². The van der Waals surface area contributed by atoms with E-state index in [1.54, 1.807) is 30.5 Å². The van der Waals surface area contributed by atoms with Crippen LogP contribution >= 0.6 is 0 Å². The predicted molar refractivity (Wildman–Crippen MR) is 113 cm³/mol. The number of pyridine rings is 1. The lowest BCUT2D eigenvalue weighted by Crippen LogP contribution is -2.23. The van der Waals surface area contributed by atoms with Crippen LogP contribution in [-0.4, -0.2) is 16.8 Å². The van der Waals surface area contributed by atoms with Crippen LogP contribution < -0.4 is 10.6 Å². The second-order valence-corrected chi connectivity index (χ2v) is 7.27. The van der Waals surface area contributed by atoms with Crippen LogP contribution in [0.3, 0.4) is 0 Å². The molecule has 1 aliphatic rings. The van der Waals surface area contributed by atoms with Crippen molar-refractivity contribution in [2.24, 2.45) is 0 Å². The lowest BCUT2D eigenvalue weighted by molar-refractivity contribution is -0.115. The summed E-state index contributed by atoms with van der Waals surface area (Å²) in [6, 6.07) is 18.9. The molecule has 29 heavy (non-hydrogen) atoms. The van der Waals surface area contributed by atoms with Gasteiger partial charge in [0, 0.05) is 17.4 Å². The molecule has 1 aromatic heterocycles. The standard InChI is InChI=1S/C24H23N3O2/c28-23(14-17-10-11-18-5-3-6-19(18)13-17)27-21-9-4-7-20(15-21)24(29)26-16-22-8-1-2-12-25-22/h1-2,4,7-13,15H,3,5-6,14,16H2,(H,26,29)(H,27,28). The van der Waals surface area contributed by atoms with Crippen LogP contribution in [0.5, 0.6) is 0 Å². The van der Waals surface area contributed by atoms with Crippen molar-refractivity contribution in [1.29, 1.82) is 0 Å². The first kappa shape index (κ1) is 18.9. The van der Waals surface area contributed by atoms with E-state index in [0.717, 1.165) is 24.1 Å². The Balaban J connectivity index is 1.35. The van der Waals surface area contributed by atoms with Crippen LogP contribution in [0.1, 0.15) is 39.2 Å². The Morgan fingerprint density at radius 2 is 1.83 bits per heavy atom. The third-order valence-corrected chi connectivity index (χ3v) is 5.09. The number of carbonyl (C=O) groups is 2. The van der Waals surface area contributed by atoms with Crippen molar-refractivity contribution in [3.8, 4) is 0 Å². The van der Waals surface area contributed by atoms with Gasteiger partial charge in [-0.05, 0) is 66.3 Å². The van der Waals surface area contributed by atoms with Crippen LogP contribution in [0.4, 0.5) is 5.69 Å². The number of carbonyl (C=O) groups excluding carboxylic acids is 2. The maximum Gasteiger partial charge on any atom is 0.251 e. The highest BCUT2D eigenvalue weighted by molar-refractivity contribution is 5.97. The molecule has 1 aliphatic carbocycles. The molecular weight excluding hydrogens is 362 g/mol. The van der Waals surface area contributed by atoms with E-state index < -0.39 is 0 Å². The average molecular weight is 385 g/mol. The highest BCUT2D eigenvalue weighted by Gasteiger charge is 2.13. The van der Waals surface area contributed by atoms with Gasteiger partial charge in [-0.2, -0.15) is 0 Å². The molecule has 0 aliphatic heterocycles. The number of rotatable bonds is 6. The quantitative estimate of drug-likeness (QED) is 0.680. The van der Waals surface area contributed by atoms with Crippen molar-refractivity contribution in [3.05, 3.63) is 94.8 Å². The van der Waals surface area contributed by atoms with Crippen molar-refractivity contribution >= 4 is 17.5 Å². The van der Waals surface area contributed by atoms with Gasteiger partial charge in [-0.25, -0.2) is 0 Å². The topological polar surface area (TPSA) is 71.1 Å². The van der Waals surface area contributed by atoms with Crippen LogP contribution in [0, 0.1) is 0 Å². The Kier molecular flexibility index (Phi) is 5.66. The summed E-state index contributed by atoms with van der Waals surface area (Å²) < 4.78 is 0. The number of benzene rings is 2. The van der Waals surface area contributed by atoms with Gasteiger partial charge in [-0.15, -0.1) is 0 Å². The minimum atomic E-state index is -0.203. The molecule has 0 saturated carbocycles. The molecule has 2 aromatic carbocycles. The average Bonchev–Trinajstić information content (AvgIpc) is 3.21. The van der Waals surface area contributed by atoms with Gasteiger partial charge >= 0.3 is 0 Å². The van der Waals surface area contributed by atoms with Crippen LogP contribution in [0.15, 0.2) is 66.9 Å². The molecule has 0 saturated heterocycles. The highest BCUT2D eigenvalue weighted by Crippen LogP contribution is 2.23. The third-order valence-electron chi connectivity index (χ3n) is 5.09. The Morgan fingerprint density at radius 1 is 0.931 bits per heavy atom. The largest absolute Gasteiger partial charge is 0.346 e. The van der Waals surface area contributed by atoms with Crippen LogP contribution in [-0.2, 0) is 30.6 Å². The fourth-order valence-corrected chi connectivity index (χ4v) is 3.64. The molecule has 0 fully saturated rings. The summed E-state index contributed by atoms with van der Waals surface area (Å²) >= 11 is 0. The van der Waals surface area contributed by atoms with Crippen molar-refractivity contribution in [1.82, 2.24) is 10.3 Å². The van der Waals surface area contributed by atoms with Gasteiger partial charge in [0.25, 0.3) is 5.91 Å². The normalized spacial score (nSPS) is 12.3. The third kappa shape index (κ3) is 4.88. The highest BCUT2D eigenvalue weighted by atomic mass is 16.2. The number of amides is 2. The zero-order valence-electron chi connectivity index (χ0n) is 16.2. The molecule has 4 rings (SSSR count). The number of hydrogen-bond donors (Lipinski definition) is 2. The van der Waals surface area contributed by atoms with Crippen molar-refractivity contribution < 1.29 is 9.59 Å². The van der Waals surface area contributed by atoms with Gasteiger partial charge in [0.1, 0.15) is 0 Å². The van der Waals surface area contributed by atoms with Gasteiger partial charge in [-0.1, -0.05) is 30.3 Å². The summed E-state index contributed by atoms with van der Waals surface area (Å²) in [4.78, 5) is 29.0. The molecule has 0 radical (unpaired) electrons. The van der Waals surface area contributed by atoms with Crippen molar-refractivity contribution in [3.63, 3.8) is 0 Å². The van der Waals surface area contributed by atoms with Crippen molar-refractivity contribution in [2.75, 3.05) is 5.32 Å². The molecule has 0 atom stereocenters. The van der Waals surface area contributed by atoms with E-state index in [1.807, 2.05) is 24.3 Å². The monoisotopic (exact) mass is 385 g/mol. The fourth-order valence-electron chi connectivity index (χ4n) is 3.64. The maximum atomic E-state index is 12.5. The minimum Gasteiger partial charge on any atom is -0.346 e. The summed E-state index contributed by atoms with van der Waals surface area (Å²) in [5.74, 6) is -0.292. The SMILES string of the molecule is O=C(Cc1ccc2c(c1)CCC2)Nc1cccc(C(=O)NCc2ccccn2)c1. The molecule has 0 bridgehead atoms. The Morgan fingerprint density at radius 3 is 2.69 bits per heavy atom. The lowest BCUT2D eigenvalue weighted by Gasteiger charge is -2.09. The predicted octanol–water partition coefficient (Wildman–Crippen LogP) is 3.68. The van der Waals surface area contributed by atoms with E-state index in [-0.39, 0.29) is 11.8 Å². The Labute approximate surface area is 170 Å². The second kappa shape index (κ2) is 8.69. The molecule has 3 aromatic rings. The smallest absolute Gasteiger partial charge is 0.251 e. The van der Waals surface area contributed by atoms with Crippen molar-refractivity contribution in [2.45, 2.75) is 32.2 Å². The number of nitrogens with zero attached hydrogens (tertiary/aromatic N) is 1. The van der Waals surface area contributed by atoms with E-state index >= 15 is 0 Å². The molecule has 5 heteroatoms. The molecule has 0 spiro atoms. The second-order valence-electron chi connectivity index (χ2n) is 7.27. The van der Waals surface area contributed by atoms with E-state index in [0.29, 0.717) is 24.2 Å². The number of anilines is 1. The van der Waals surface area contributed by atoms with Gasteiger partial charge in [-0.3, -0.25) is 14.6 Å². The van der Waals surface area contributed by atoms with Crippen LogP contribution in [0.2, 0.25) is 0 Å². The zero-order valence-corrected chi connectivity index (χ0v) is 16.2. The number of nitrogens with one attached hydrogen (secondary N) is 2. The van der Waals surface area contributed by atoms with Crippen LogP contribution in [0.25, 0.3) is 0 Å².